The van der Waals surface area contributed by atoms with E-state index in [0.29, 0.717) is 25.5 Å². The summed E-state index contributed by atoms with van der Waals surface area (Å²) in [5, 5.41) is 6.32. The molecule has 1 aliphatic rings. The maximum Gasteiger partial charge on any atom is 0.191 e. The average molecular weight is 325 g/mol. The van der Waals surface area contributed by atoms with Gasteiger partial charge >= 0.3 is 0 Å². The van der Waals surface area contributed by atoms with Gasteiger partial charge in [0, 0.05) is 19.6 Å². The first kappa shape index (κ1) is 16.6. The summed E-state index contributed by atoms with van der Waals surface area (Å²) in [5.41, 5.74) is 0. The maximum absolute atomic E-state index is 11.4. The van der Waals surface area contributed by atoms with Gasteiger partial charge < -0.3 is 15.4 Å². The number of hydrogen-bond acceptors (Lipinski definition) is 4. The summed E-state index contributed by atoms with van der Waals surface area (Å²) in [6.45, 7) is 1.33. The Bertz CT molecular complexity index is 587. The molecule has 0 bridgehead atoms. The van der Waals surface area contributed by atoms with Crippen molar-refractivity contribution in [3.05, 3.63) is 30.3 Å². The van der Waals surface area contributed by atoms with Crippen molar-refractivity contribution in [1.29, 1.82) is 0 Å². The van der Waals surface area contributed by atoms with Crippen molar-refractivity contribution >= 4 is 15.8 Å². The summed E-state index contributed by atoms with van der Waals surface area (Å²) in [4.78, 5) is 4.11. The quantitative estimate of drug-likeness (QED) is 0.460. The Hall–Kier alpha value is -1.76. The van der Waals surface area contributed by atoms with Crippen molar-refractivity contribution in [2.24, 2.45) is 4.99 Å². The van der Waals surface area contributed by atoms with E-state index in [1.54, 1.807) is 7.05 Å². The number of aliphatic imine (C=N–C) groups is 1. The molecule has 2 N–H and O–H groups in total. The van der Waals surface area contributed by atoms with Gasteiger partial charge in [0.05, 0.1) is 18.1 Å². The molecule has 1 unspecified atom stereocenters. The lowest BCUT2D eigenvalue weighted by Crippen LogP contribution is -2.44. The summed E-state index contributed by atoms with van der Waals surface area (Å²) >= 11 is 0. The van der Waals surface area contributed by atoms with Gasteiger partial charge in [0.1, 0.15) is 5.75 Å². The molecule has 7 heteroatoms. The first-order valence-electron chi connectivity index (χ1n) is 7.44. The van der Waals surface area contributed by atoms with Crippen LogP contribution in [0.25, 0.3) is 0 Å². The Kier molecular flexibility index (Phi) is 6.06. The smallest absolute Gasteiger partial charge is 0.191 e. The van der Waals surface area contributed by atoms with Crippen molar-refractivity contribution in [3.8, 4) is 5.75 Å². The highest BCUT2D eigenvalue weighted by Crippen LogP contribution is 2.11. The molecule has 22 heavy (non-hydrogen) atoms. The number of benzene rings is 1. The van der Waals surface area contributed by atoms with Crippen molar-refractivity contribution < 1.29 is 13.2 Å². The van der Waals surface area contributed by atoms with E-state index in [9.17, 15) is 8.42 Å². The summed E-state index contributed by atoms with van der Waals surface area (Å²) < 4.78 is 28.5. The molecule has 1 aromatic rings. The average Bonchev–Trinajstić information content (AvgIpc) is 2.85. The molecule has 1 fully saturated rings. The molecule has 0 radical (unpaired) electrons. The van der Waals surface area contributed by atoms with Crippen LogP contribution in [0.15, 0.2) is 35.3 Å². The van der Waals surface area contributed by atoms with Gasteiger partial charge in [0.25, 0.3) is 0 Å². The van der Waals surface area contributed by atoms with Gasteiger partial charge in [-0.2, -0.15) is 0 Å². The van der Waals surface area contributed by atoms with Crippen LogP contribution >= 0.6 is 0 Å². The molecule has 0 aliphatic carbocycles. The first-order valence-corrected chi connectivity index (χ1v) is 9.27. The number of guanidine groups is 1. The number of sulfone groups is 1. The molecular formula is C15H23N3O3S. The van der Waals surface area contributed by atoms with Crippen molar-refractivity contribution in [2.45, 2.75) is 18.9 Å². The lowest BCUT2D eigenvalue weighted by Gasteiger charge is -2.16. The normalized spacial score (nSPS) is 20.6. The van der Waals surface area contributed by atoms with E-state index >= 15 is 0 Å². The van der Waals surface area contributed by atoms with Crippen LogP contribution in [0.5, 0.6) is 5.75 Å². The van der Waals surface area contributed by atoms with E-state index in [1.807, 2.05) is 30.3 Å². The molecule has 122 valence electrons. The number of ether oxygens (including phenoxy) is 1. The van der Waals surface area contributed by atoms with Crippen LogP contribution in [-0.2, 0) is 9.84 Å². The van der Waals surface area contributed by atoms with Crippen LogP contribution in [0, 0.1) is 0 Å². The van der Waals surface area contributed by atoms with E-state index < -0.39 is 9.84 Å². The second-order valence-corrected chi connectivity index (χ2v) is 7.49. The lowest BCUT2D eigenvalue weighted by molar-refractivity contribution is 0.311. The minimum absolute atomic E-state index is 0.0447. The molecule has 0 saturated carbocycles. The SMILES string of the molecule is CN=C(NCCCOc1ccccc1)NC1CCS(=O)(=O)C1. The van der Waals surface area contributed by atoms with Gasteiger partial charge in [0.2, 0.25) is 0 Å². The minimum atomic E-state index is -2.87. The topological polar surface area (TPSA) is 79.8 Å². The van der Waals surface area contributed by atoms with Gasteiger partial charge in [-0.15, -0.1) is 0 Å². The molecule has 0 spiro atoms. The second-order valence-electron chi connectivity index (χ2n) is 5.26. The molecule has 0 aromatic heterocycles. The van der Waals surface area contributed by atoms with Crippen LogP contribution in [0.3, 0.4) is 0 Å². The first-order chi connectivity index (χ1) is 10.6. The number of hydrogen-bond donors (Lipinski definition) is 2. The van der Waals surface area contributed by atoms with Crippen LogP contribution in [-0.4, -0.2) is 52.1 Å². The Balaban J connectivity index is 1.63. The number of nitrogens with one attached hydrogen (secondary N) is 2. The van der Waals surface area contributed by atoms with Crippen molar-refractivity contribution in [1.82, 2.24) is 10.6 Å². The number of rotatable bonds is 6. The fourth-order valence-electron chi connectivity index (χ4n) is 2.28. The van der Waals surface area contributed by atoms with Gasteiger partial charge in [0.15, 0.2) is 15.8 Å². The third kappa shape index (κ3) is 5.55. The van der Waals surface area contributed by atoms with Crippen LogP contribution in [0.1, 0.15) is 12.8 Å². The lowest BCUT2D eigenvalue weighted by atomic mass is 10.3. The van der Waals surface area contributed by atoms with Crippen LogP contribution in [0.4, 0.5) is 0 Å². The fraction of sp³-hybridized carbons (Fsp3) is 0.533. The van der Waals surface area contributed by atoms with Gasteiger partial charge in [-0.3, -0.25) is 4.99 Å². The Morgan fingerprint density at radius 2 is 2.14 bits per heavy atom. The third-order valence-corrected chi connectivity index (χ3v) is 5.19. The predicted octanol–water partition coefficient (Wildman–Crippen LogP) is 0.808. The molecule has 1 saturated heterocycles. The standard InChI is InChI=1S/C15H23N3O3S/c1-16-15(18-13-8-11-22(19,20)12-13)17-9-5-10-21-14-6-3-2-4-7-14/h2-4,6-7,13H,5,8-12H2,1H3,(H2,16,17,18). The van der Waals surface area contributed by atoms with E-state index in [-0.39, 0.29) is 17.5 Å². The molecule has 6 nitrogen and oxygen atoms in total. The zero-order chi connectivity index (χ0) is 15.8. The zero-order valence-electron chi connectivity index (χ0n) is 12.8. The molecule has 2 rings (SSSR count). The highest BCUT2D eigenvalue weighted by atomic mass is 32.2. The zero-order valence-corrected chi connectivity index (χ0v) is 13.6. The Labute approximate surface area is 131 Å². The van der Waals surface area contributed by atoms with Gasteiger partial charge in [-0.1, -0.05) is 18.2 Å². The summed E-state index contributed by atoms with van der Waals surface area (Å²) in [6.07, 6.45) is 1.47. The van der Waals surface area contributed by atoms with E-state index in [1.165, 1.54) is 0 Å². The summed E-state index contributed by atoms with van der Waals surface area (Å²) in [7, 11) is -1.19. The van der Waals surface area contributed by atoms with Crippen molar-refractivity contribution in [3.63, 3.8) is 0 Å². The second kappa shape index (κ2) is 8.03. The summed E-state index contributed by atoms with van der Waals surface area (Å²) in [6, 6.07) is 9.64. The maximum atomic E-state index is 11.4. The molecule has 1 aromatic carbocycles. The van der Waals surface area contributed by atoms with E-state index in [2.05, 4.69) is 15.6 Å². The largest absolute Gasteiger partial charge is 0.494 e. The van der Waals surface area contributed by atoms with Gasteiger partial charge in [-0.25, -0.2) is 8.42 Å². The number of para-hydroxylation sites is 1. The highest BCUT2D eigenvalue weighted by molar-refractivity contribution is 7.91. The van der Waals surface area contributed by atoms with E-state index in [4.69, 9.17) is 4.74 Å². The van der Waals surface area contributed by atoms with Crippen molar-refractivity contribution in [2.75, 3.05) is 31.7 Å². The Morgan fingerprint density at radius 3 is 2.77 bits per heavy atom. The molecule has 1 aliphatic heterocycles. The van der Waals surface area contributed by atoms with Gasteiger partial charge in [-0.05, 0) is 25.0 Å². The predicted molar refractivity (Wildman–Crippen MR) is 88.1 cm³/mol. The molecule has 0 amide bonds. The third-order valence-electron chi connectivity index (χ3n) is 3.42. The summed E-state index contributed by atoms with van der Waals surface area (Å²) in [5.74, 6) is 1.94. The van der Waals surface area contributed by atoms with Crippen LogP contribution in [0.2, 0.25) is 0 Å². The fourth-order valence-corrected chi connectivity index (χ4v) is 3.96. The molecule has 1 heterocycles. The molecule has 1 atom stereocenters. The van der Waals surface area contributed by atoms with Crippen LogP contribution < -0.4 is 15.4 Å². The minimum Gasteiger partial charge on any atom is -0.494 e. The Morgan fingerprint density at radius 1 is 1.36 bits per heavy atom. The monoisotopic (exact) mass is 325 g/mol. The number of nitrogens with zero attached hydrogens (tertiary/aromatic N) is 1. The van der Waals surface area contributed by atoms with E-state index in [0.717, 1.165) is 12.2 Å². The molecular weight excluding hydrogens is 302 g/mol. The highest BCUT2D eigenvalue weighted by Gasteiger charge is 2.28.